The molecule has 1 saturated carbocycles. The lowest BCUT2D eigenvalue weighted by Gasteiger charge is -2.31. The molecule has 0 aromatic heterocycles. The zero-order valence-electron chi connectivity index (χ0n) is 17.5. The number of hydrogen-bond acceptors (Lipinski definition) is 1. The van der Waals surface area contributed by atoms with Crippen LogP contribution in [0.5, 0.6) is 0 Å². The molecule has 1 N–H and O–H groups in total. The summed E-state index contributed by atoms with van der Waals surface area (Å²) in [5, 5.41) is 3.34. The molecule has 30 heavy (non-hydrogen) atoms. The molecule has 3 aromatic rings. The summed E-state index contributed by atoms with van der Waals surface area (Å²) in [6.45, 7) is 0.698. The monoisotopic (exact) mass is 397 g/mol. The average molecular weight is 398 g/mol. The van der Waals surface area contributed by atoms with Gasteiger partial charge in [0.2, 0.25) is 5.91 Å². The third-order valence-electron chi connectivity index (χ3n) is 6.47. The van der Waals surface area contributed by atoms with Crippen LogP contribution in [0.3, 0.4) is 0 Å². The summed E-state index contributed by atoms with van der Waals surface area (Å²) in [5.74, 6) is 0.829. The van der Waals surface area contributed by atoms with Crippen molar-refractivity contribution in [3.63, 3.8) is 0 Å². The maximum atomic E-state index is 13.5. The molecule has 0 radical (unpaired) electrons. The van der Waals surface area contributed by atoms with E-state index >= 15 is 0 Å². The summed E-state index contributed by atoms with van der Waals surface area (Å²) >= 11 is 0. The molecule has 0 aliphatic heterocycles. The van der Waals surface area contributed by atoms with Crippen molar-refractivity contribution < 1.29 is 4.79 Å². The minimum absolute atomic E-state index is 0.0872. The predicted molar refractivity (Wildman–Crippen MR) is 123 cm³/mol. The van der Waals surface area contributed by atoms with Crippen molar-refractivity contribution in [3.05, 3.63) is 108 Å². The minimum Gasteiger partial charge on any atom is -0.355 e. The van der Waals surface area contributed by atoms with Crippen molar-refractivity contribution in [2.75, 3.05) is 6.54 Å². The molecule has 154 valence electrons. The van der Waals surface area contributed by atoms with Crippen molar-refractivity contribution in [2.45, 2.75) is 43.9 Å². The van der Waals surface area contributed by atoms with Gasteiger partial charge < -0.3 is 5.32 Å². The molecule has 3 aromatic carbocycles. The van der Waals surface area contributed by atoms with Gasteiger partial charge in [-0.1, -0.05) is 110 Å². The van der Waals surface area contributed by atoms with Crippen LogP contribution in [0.4, 0.5) is 0 Å². The van der Waals surface area contributed by atoms with Crippen molar-refractivity contribution in [2.24, 2.45) is 5.92 Å². The Kier molecular flexibility index (Phi) is 6.97. The van der Waals surface area contributed by atoms with Crippen LogP contribution in [-0.2, 0) is 4.79 Å². The van der Waals surface area contributed by atoms with Gasteiger partial charge in [0, 0.05) is 12.5 Å². The van der Waals surface area contributed by atoms with Gasteiger partial charge >= 0.3 is 0 Å². The van der Waals surface area contributed by atoms with E-state index in [0.29, 0.717) is 18.4 Å². The van der Waals surface area contributed by atoms with Gasteiger partial charge in [0.25, 0.3) is 0 Å². The number of carbonyl (C=O) groups is 1. The van der Waals surface area contributed by atoms with Gasteiger partial charge in [-0.05, 0) is 35.4 Å². The molecule has 1 amide bonds. The smallest absolute Gasteiger partial charge is 0.232 e. The first-order valence-corrected chi connectivity index (χ1v) is 11.3. The molecule has 1 atom stereocenters. The summed E-state index contributed by atoms with van der Waals surface area (Å²) in [6, 6.07) is 31.0. The molecule has 1 aliphatic carbocycles. The van der Waals surface area contributed by atoms with E-state index in [2.05, 4.69) is 35.6 Å². The number of amides is 1. The van der Waals surface area contributed by atoms with E-state index in [0.717, 1.165) is 11.1 Å². The fourth-order valence-corrected chi connectivity index (χ4v) is 4.89. The van der Waals surface area contributed by atoms with E-state index in [9.17, 15) is 4.79 Å². The number of hydrogen-bond donors (Lipinski definition) is 1. The van der Waals surface area contributed by atoms with Gasteiger partial charge in [0.1, 0.15) is 0 Å². The highest BCUT2D eigenvalue weighted by molar-refractivity contribution is 5.87. The van der Waals surface area contributed by atoms with E-state index in [4.69, 9.17) is 0 Å². The Labute approximate surface area is 180 Å². The van der Waals surface area contributed by atoms with Crippen LogP contribution >= 0.6 is 0 Å². The van der Waals surface area contributed by atoms with Crippen LogP contribution in [0.2, 0.25) is 0 Å². The summed E-state index contributed by atoms with van der Waals surface area (Å²) in [6.07, 6.45) is 6.47. The van der Waals surface area contributed by atoms with Gasteiger partial charge in [-0.2, -0.15) is 0 Å². The normalized spacial score (nSPS) is 15.6. The molecule has 1 aliphatic rings. The Morgan fingerprint density at radius 3 is 1.67 bits per heavy atom. The van der Waals surface area contributed by atoms with E-state index in [1.165, 1.54) is 37.7 Å². The molecule has 0 unspecified atom stereocenters. The fraction of sp³-hybridized carbons (Fsp3) is 0.321. The van der Waals surface area contributed by atoms with Gasteiger partial charge in [0.15, 0.2) is 0 Å². The quantitative estimate of drug-likeness (QED) is 0.498. The van der Waals surface area contributed by atoms with Gasteiger partial charge in [0.05, 0.1) is 5.92 Å². The Morgan fingerprint density at radius 2 is 1.17 bits per heavy atom. The minimum atomic E-state index is -0.282. The Hall–Kier alpha value is -2.87. The van der Waals surface area contributed by atoms with Crippen molar-refractivity contribution >= 4 is 5.91 Å². The number of nitrogens with one attached hydrogen (secondary N) is 1. The third kappa shape index (κ3) is 4.99. The van der Waals surface area contributed by atoms with Crippen LogP contribution in [0, 0.1) is 5.92 Å². The van der Waals surface area contributed by atoms with Gasteiger partial charge in [-0.3, -0.25) is 4.79 Å². The number of carbonyl (C=O) groups excluding carboxylic acids is 1. The first-order valence-electron chi connectivity index (χ1n) is 11.3. The first kappa shape index (κ1) is 20.4. The highest BCUT2D eigenvalue weighted by Crippen LogP contribution is 2.36. The average Bonchev–Trinajstić information content (AvgIpc) is 2.82. The van der Waals surface area contributed by atoms with Crippen LogP contribution in [-0.4, -0.2) is 12.5 Å². The summed E-state index contributed by atoms with van der Waals surface area (Å²) in [5.41, 5.74) is 3.42. The Morgan fingerprint density at radius 1 is 0.700 bits per heavy atom. The second-order valence-electron chi connectivity index (χ2n) is 8.41. The summed E-state index contributed by atoms with van der Waals surface area (Å²) in [4.78, 5) is 13.5. The highest BCUT2D eigenvalue weighted by atomic mass is 16.1. The van der Waals surface area contributed by atoms with E-state index in [-0.39, 0.29) is 11.8 Å². The van der Waals surface area contributed by atoms with E-state index in [1.54, 1.807) is 0 Å². The number of benzene rings is 3. The SMILES string of the molecule is O=C(NC[C@@H](c1ccccc1)C1CCCCC1)C(c1ccccc1)c1ccccc1. The third-order valence-corrected chi connectivity index (χ3v) is 6.47. The topological polar surface area (TPSA) is 29.1 Å². The molecule has 1 fully saturated rings. The molecule has 0 bridgehead atoms. The summed E-state index contributed by atoms with van der Waals surface area (Å²) in [7, 11) is 0. The van der Waals surface area contributed by atoms with Crippen molar-refractivity contribution in [3.8, 4) is 0 Å². The molecule has 0 spiro atoms. The lowest BCUT2D eigenvalue weighted by atomic mass is 9.76. The summed E-state index contributed by atoms with van der Waals surface area (Å²) < 4.78 is 0. The zero-order chi connectivity index (χ0) is 20.6. The molecule has 0 saturated heterocycles. The van der Waals surface area contributed by atoms with Gasteiger partial charge in [-0.15, -0.1) is 0 Å². The van der Waals surface area contributed by atoms with Crippen LogP contribution in [0.15, 0.2) is 91.0 Å². The fourth-order valence-electron chi connectivity index (χ4n) is 4.89. The van der Waals surface area contributed by atoms with Crippen LogP contribution in [0.25, 0.3) is 0 Å². The molecule has 0 heterocycles. The molecule has 2 heteroatoms. The van der Waals surface area contributed by atoms with Crippen LogP contribution < -0.4 is 5.32 Å². The maximum absolute atomic E-state index is 13.5. The Bertz CT molecular complexity index is 862. The maximum Gasteiger partial charge on any atom is 0.232 e. The van der Waals surface area contributed by atoms with Crippen molar-refractivity contribution in [1.29, 1.82) is 0 Å². The molecule has 2 nitrogen and oxygen atoms in total. The lowest BCUT2D eigenvalue weighted by molar-refractivity contribution is -0.121. The highest BCUT2D eigenvalue weighted by Gasteiger charge is 2.28. The first-order chi connectivity index (χ1) is 14.8. The largest absolute Gasteiger partial charge is 0.355 e. The molecule has 4 rings (SSSR count). The van der Waals surface area contributed by atoms with E-state index < -0.39 is 0 Å². The molecular formula is C28H31NO. The van der Waals surface area contributed by atoms with Crippen molar-refractivity contribution in [1.82, 2.24) is 5.32 Å². The molecular weight excluding hydrogens is 366 g/mol. The zero-order valence-corrected chi connectivity index (χ0v) is 17.5. The predicted octanol–water partition coefficient (Wildman–Crippen LogP) is 6.30. The second-order valence-corrected chi connectivity index (χ2v) is 8.41. The standard InChI is InChI=1S/C28H31NO/c30-28(27(24-17-9-3-10-18-24)25-19-11-4-12-20-25)29-21-26(22-13-5-1-6-14-22)23-15-7-2-8-16-23/h1,3-6,9-14,17-20,23,26-27H,2,7-8,15-16,21H2,(H,29,30)/t26-/m0/s1. The lowest BCUT2D eigenvalue weighted by Crippen LogP contribution is -2.35. The number of rotatable bonds is 7. The van der Waals surface area contributed by atoms with Gasteiger partial charge in [-0.25, -0.2) is 0 Å². The van der Waals surface area contributed by atoms with Crippen LogP contribution in [0.1, 0.15) is 60.6 Å². The Balaban J connectivity index is 1.55. The second kappa shape index (κ2) is 10.2. The van der Waals surface area contributed by atoms with E-state index in [1.807, 2.05) is 60.7 Å².